The molecule has 0 bridgehead atoms. The van der Waals surface area contributed by atoms with E-state index in [0.29, 0.717) is 16.7 Å². The summed E-state index contributed by atoms with van der Waals surface area (Å²) < 4.78 is 4.68. The molecule has 0 heterocycles. The molecule has 0 fully saturated rings. The first-order valence-electron chi connectivity index (χ1n) is 5.69. The second kappa shape index (κ2) is 5.40. The van der Waals surface area contributed by atoms with Gasteiger partial charge in [0.25, 0.3) is 0 Å². The molecule has 0 unspecified atom stereocenters. The Labute approximate surface area is 114 Å². The van der Waals surface area contributed by atoms with Gasteiger partial charge in [-0.3, -0.25) is 10.1 Å². The average molecular weight is 273 g/mol. The van der Waals surface area contributed by atoms with Crippen LogP contribution < -0.4 is 0 Å². The molecule has 0 saturated carbocycles. The number of nitro groups is 1. The van der Waals surface area contributed by atoms with Crippen molar-refractivity contribution in [3.05, 3.63) is 58.1 Å². The highest BCUT2D eigenvalue weighted by Crippen LogP contribution is 2.32. The Kier molecular flexibility index (Phi) is 3.65. The molecule has 0 aliphatic heterocycles. The lowest BCUT2D eigenvalue weighted by Crippen LogP contribution is -2.03. The third kappa shape index (κ3) is 2.44. The van der Waals surface area contributed by atoms with Gasteiger partial charge in [-0.25, -0.2) is 4.79 Å². The minimum Gasteiger partial charge on any atom is -0.502 e. The predicted octanol–water partition coefficient (Wildman–Crippen LogP) is 2.75. The molecule has 0 atom stereocenters. The van der Waals surface area contributed by atoms with Crippen molar-refractivity contribution in [1.29, 1.82) is 0 Å². The Bertz CT molecular complexity index is 681. The van der Waals surface area contributed by atoms with Crippen LogP contribution in [0, 0.1) is 10.1 Å². The zero-order valence-corrected chi connectivity index (χ0v) is 10.6. The molecule has 0 radical (unpaired) electrons. The molecule has 2 aromatic rings. The van der Waals surface area contributed by atoms with Crippen molar-refractivity contribution < 1.29 is 19.6 Å². The summed E-state index contributed by atoms with van der Waals surface area (Å²) in [5.74, 6) is -0.953. The number of hydrogen-bond acceptors (Lipinski definition) is 5. The van der Waals surface area contributed by atoms with Gasteiger partial charge in [0.05, 0.1) is 17.6 Å². The van der Waals surface area contributed by atoms with Gasteiger partial charge in [-0.1, -0.05) is 24.3 Å². The van der Waals surface area contributed by atoms with E-state index in [1.807, 2.05) is 0 Å². The number of methoxy groups -OCH3 is 1. The van der Waals surface area contributed by atoms with E-state index in [2.05, 4.69) is 4.74 Å². The van der Waals surface area contributed by atoms with Crippen LogP contribution in [0.2, 0.25) is 0 Å². The fraction of sp³-hybridized carbons (Fsp3) is 0.0714. The number of esters is 1. The van der Waals surface area contributed by atoms with Crippen LogP contribution in [0.5, 0.6) is 5.75 Å². The molecule has 0 saturated heterocycles. The van der Waals surface area contributed by atoms with Crippen molar-refractivity contribution in [3.63, 3.8) is 0 Å². The van der Waals surface area contributed by atoms with Crippen LogP contribution in [-0.2, 0) is 4.74 Å². The second-order valence-corrected chi connectivity index (χ2v) is 4.00. The van der Waals surface area contributed by atoms with Crippen LogP contribution in [0.25, 0.3) is 11.1 Å². The number of carbonyl (C=O) groups is 1. The molecule has 102 valence electrons. The summed E-state index contributed by atoms with van der Waals surface area (Å²) in [7, 11) is 1.26. The molecule has 0 amide bonds. The highest BCUT2D eigenvalue weighted by Gasteiger charge is 2.18. The van der Waals surface area contributed by atoms with E-state index in [4.69, 9.17) is 0 Å². The molecular formula is C14H11NO5. The Hall–Kier alpha value is -2.89. The summed E-state index contributed by atoms with van der Waals surface area (Å²) in [5.41, 5.74) is 0.843. The molecule has 2 aromatic carbocycles. The summed E-state index contributed by atoms with van der Waals surface area (Å²) >= 11 is 0. The quantitative estimate of drug-likeness (QED) is 0.527. The minimum absolute atomic E-state index is 0.301. The summed E-state index contributed by atoms with van der Waals surface area (Å²) in [4.78, 5) is 21.8. The zero-order valence-electron chi connectivity index (χ0n) is 10.6. The van der Waals surface area contributed by atoms with Gasteiger partial charge in [0, 0.05) is 6.07 Å². The van der Waals surface area contributed by atoms with Gasteiger partial charge in [-0.2, -0.15) is 0 Å². The monoisotopic (exact) mass is 273 g/mol. The molecule has 20 heavy (non-hydrogen) atoms. The van der Waals surface area contributed by atoms with Crippen LogP contribution >= 0.6 is 0 Å². The fourth-order valence-corrected chi connectivity index (χ4v) is 1.86. The van der Waals surface area contributed by atoms with Crippen molar-refractivity contribution in [1.82, 2.24) is 0 Å². The van der Waals surface area contributed by atoms with Crippen molar-refractivity contribution in [3.8, 4) is 16.9 Å². The third-order valence-corrected chi connectivity index (χ3v) is 2.82. The Morgan fingerprint density at radius 2 is 1.95 bits per heavy atom. The first-order chi connectivity index (χ1) is 9.54. The lowest BCUT2D eigenvalue weighted by atomic mass is 9.99. The summed E-state index contributed by atoms with van der Waals surface area (Å²) in [6.45, 7) is 0. The van der Waals surface area contributed by atoms with Gasteiger partial charge >= 0.3 is 11.7 Å². The van der Waals surface area contributed by atoms with Crippen molar-refractivity contribution >= 4 is 11.7 Å². The number of nitrogens with zero attached hydrogens (tertiary/aromatic N) is 1. The molecule has 0 aliphatic carbocycles. The number of hydrogen-bond donors (Lipinski definition) is 1. The van der Waals surface area contributed by atoms with Crippen LogP contribution in [0.15, 0.2) is 42.5 Å². The smallest absolute Gasteiger partial charge is 0.338 e. The van der Waals surface area contributed by atoms with Gasteiger partial charge in [0.2, 0.25) is 0 Å². The standard InChI is InChI=1S/C14H11NO5/c1-20-14(17)11-5-3-2-4-10(11)9-6-7-13(16)12(8-9)15(18)19/h2-8,16H,1H3. The SMILES string of the molecule is COC(=O)c1ccccc1-c1ccc(O)c([N+](=O)[O-])c1. The molecule has 0 aromatic heterocycles. The van der Waals surface area contributed by atoms with Crippen LogP contribution in [0.3, 0.4) is 0 Å². The highest BCUT2D eigenvalue weighted by molar-refractivity contribution is 5.97. The normalized spacial score (nSPS) is 10.1. The van der Waals surface area contributed by atoms with Crippen molar-refractivity contribution in [2.75, 3.05) is 7.11 Å². The van der Waals surface area contributed by atoms with Crippen molar-refractivity contribution in [2.45, 2.75) is 0 Å². The molecule has 0 spiro atoms. The van der Waals surface area contributed by atoms with Crippen LogP contribution in [0.1, 0.15) is 10.4 Å². The summed E-state index contributed by atoms with van der Waals surface area (Å²) in [5, 5.41) is 20.3. The van der Waals surface area contributed by atoms with E-state index >= 15 is 0 Å². The van der Waals surface area contributed by atoms with Crippen molar-refractivity contribution in [2.24, 2.45) is 0 Å². The summed E-state index contributed by atoms with van der Waals surface area (Å²) in [6.07, 6.45) is 0. The molecule has 0 aliphatic rings. The Morgan fingerprint density at radius 1 is 1.25 bits per heavy atom. The molecular weight excluding hydrogens is 262 g/mol. The third-order valence-electron chi connectivity index (χ3n) is 2.82. The van der Waals surface area contributed by atoms with E-state index in [1.165, 1.54) is 25.3 Å². The predicted molar refractivity (Wildman–Crippen MR) is 71.5 cm³/mol. The number of benzene rings is 2. The first kappa shape index (κ1) is 13.5. The van der Waals surface area contributed by atoms with Gasteiger partial charge in [-0.05, 0) is 23.3 Å². The van der Waals surface area contributed by atoms with Gasteiger partial charge < -0.3 is 9.84 Å². The number of aromatic hydroxyl groups is 1. The maximum Gasteiger partial charge on any atom is 0.338 e. The number of nitro benzene ring substituents is 1. The van der Waals surface area contributed by atoms with Crippen LogP contribution in [-0.4, -0.2) is 23.1 Å². The largest absolute Gasteiger partial charge is 0.502 e. The number of ether oxygens (including phenoxy) is 1. The molecule has 6 nitrogen and oxygen atoms in total. The Balaban J connectivity index is 2.60. The lowest BCUT2D eigenvalue weighted by Gasteiger charge is -2.08. The number of rotatable bonds is 3. The van der Waals surface area contributed by atoms with E-state index < -0.39 is 22.3 Å². The average Bonchev–Trinajstić information content (AvgIpc) is 2.46. The number of phenolic OH excluding ortho intramolecular Hbond substituents is 1. The van der Waals surface area contributed by atoms with Gasteiger partial charge in [0.15, 0.2) is 5.75 Å². The topological polar surface area (TPSA) is 89.7 Å². The molecule has 1 N–H and O–H groups in total. The zero-order chi connectivity index (χ0) is 14.7. The Morgan fingerprint density at radius 3 is 2.60 bits per heavy atom. The minimum atomic E-state index is -0.681. The van der Waals surface area contributed by atoms with E-state index in [9.17, 15) is 20.0 Å². The second-order valence-electron chi connectivity index (χ2n) is 4.00. The molecule has 6 heteroatoms. The van der Waals surface area contributed by atoms with E-state index in [0.717, 1.165) is 0 Å². The van der Waals surface area contributed by atoms with Crippen LogP contribution in [0.4, 0.5) is 5.69 Å². The van der Waals surface area contributed by atoms with E-state index in [-0.39, 0.29) is 0 Å². The maximum absolute atomic E-state index is 11.7. The molecule has 2 rings (SSSR count). The van der Waals surface area contributed by atoms with Gasteiger partial charge in [-0.15, -0.1) is 0 Å². The first-order valence-corrected chi connectivity index (χ1v) is 5.69. The fourth-order valence-electron chi connectivity index (χ4n) is 1.86. The lowest BCUT2D eigenvalue weighted by molar-refractivity contribution is -0.385. The number of phenols is 1. The van der Waals surface area contributed by atoms with E-state index in [1.54, 1.807) is 24.3 Å². The highest BCUT2D eigenvalue weighted by atomic mass is 16.6. The maximum atomic E-state index is 11.7. The summed E-state index contributed by atoms with van der Waals surface area (Å²) in [6, 6.07) is 10.6. The number of carbonyl (C=O) groups excluding carboxylic acids is 1. The van der Waals surface area contributed by atoms with Gasteiger partial charge in [0.1, 0.15) is 0 Å².